The van der Waals surface area contributed by atoms with E-state index < -0.39 is 61.2 Å². The molecule has 0 radical (unpaired) electrons. The first kappa shape index (κ1) is 28.5. The van der Waals surface area contributed by atoms with E-state index in [1.54, 1.807) is 0 Å². The number of alkyl halides is 3. The fourth-order valence-corrected chi connectivity index (χ4v) is 5.44. The zero-order valence-electron chi connectivity index (χ0n) is 21.3. The van der Waals surface area contributed by atoms with Crippen molar-refractivity contribution in [1.29, 1.82) is 0 Å². The second-order valence-electron chi connectivity index (χ2n) is 8.82. The van der Waals surface area contributed by atoms with Crippen LogP contribution in [0.2, 0.25) is 0 Å². The molecule has 0 spiro atoms. The second kappa shape index (κ2) is 10.4. The van der Waals surface area contributed by atoms with E-state index in [0.717, 1.165) is 37.4 Å². The first-order chi connectivity index (χ1) is 19.8. The Balaban J connectivity index is 1.65. The Morgan fingerprint density at radius 2 is 1.71 bits per heavy atom. The molecule has 0 unspecified atom stereocenters. The van der Waals surface area contributed by atoms with E-state index >= 15 is 0 Å². The smallest absolute Gasteiger partial charge is 0.418 e. The normalized spacial score (nSPS) is 12.0. The molecule has 15 heteroatoms. The van der Waals surface area contributed by atoms with Crippen LogP contribution in [0.15, 0.2) is 82.6 Å². The van der Waals surface area contributed by atoms with Crippen molar-refractivity contribution in [2.24, 2.45) is 0 Å². The number of nitrogens with one attached hydrogen (secondary N) is 1. The number of anilines is 2. The molecule has 9 nitrogen and oxygen atoms in total. The van der Waals surface area contributed by atoms with E-state index in [9.17, 15) is 35.2 Å². The van der Waals surface area contributed by atoms with Crippen LogP contribution in [-0.4, -0.2) is 30.1 Å². The second-order valence-corrected chi connectivity index (χ2v) is 10.5. The van der Waals surface area contributed by atoms with Gasteiger partial charge in [-0.05, 0) is 48.0 Å². The van der Waals surface area contributed by atoms with Gasteiger partial charge in [-0.3, -0.25) is 9.52 Å². The largest absolute Gasteiger partial charge is 0.480 e. The van der Waals surface area contributed by atoms with Gasteiger partial charge in [-0.1, -0.05) is 18.2 Å². The van der Waals surface area contributed by atoms with Gasteiger partial charge in [-0.2, -0.15) is 13.2 Å². The Morgan fingerprint density at radius 1 is 0.976 bits per heavy atom. The predicted molar refractivity (Wildman–Crippen MR) is 144 cm³/mol. The van der Waals surface area contributed by atoms with E-state index in [4.69, 9.17) is 10.5 Å². The number of nitrogens with zero attached hydrogens (tertiary/aromatic N) is 3. The zero-order chi connectivity index (χ0) is 30.4. The van der Waals surface area contributed by atoms with Crippen LogP contribution < -0.4 is 20.8 Å². The lowest BCUT2D eigenvalue weighted by Crippen LogP contribution is -2.25. The third-order valence-corrected chi connectivity index (χ3v) is 7.51. The van der Waals surface area contributed by atoms with Crippen molar-refractivity contribution in [2.75, 3.05) is 17.6 Å². The lowest BCUT2D eigenvalue weighted by molar-refractivity contribution is -0.137. The molecule has 3 N–H and O–H groups in total. The molecule has 0 aliphatic rings. The highest BCUT2D eigenvalue weighted by atomic mass is 32.2. The Labute approximate surface area is 234 Å². The van der Waals surface area contributed by atoms with Crippen LogP contribution in [0.5, 0.6) is 5.88 Å². The van der Waals surface area contributed by atoms with Gasteiger partial charge in [-0.25, -0.2) is 31.7 Å². The maximum Gasteiger partial charge on any atom is 0.418 e. The maximum absolute atomic E-state index is 14.2. The first-order valence-corrected chi connectivity index (χ1v) is 13.3. The van der Waals surface area contributed by atoms with Crippen molar-refractivity contribution >= 4 is 32.6 Å². The molecule has 0 saturated carbocycles. The Bertz CT molecular complexity index is 2030. The molecule has 0 bridgehead atoms. The van der Waals surface area contributed by atoms with Crippen LogP contribution >= 0.6 is 0 Å². The molecule has 0 saturated heterocycles. The zero-order valence-corrected chi connectivity index (χ0v) is 22.1. The quantitative estimate of drug-likeness (QED) is 0.257. The van der Waals surface area contributed by atoms with Gasteiger partial charge in [0.05, 0.1) is 35.0 Å². The molecule has 5 aromatic rings. The van der Waals surface area contributed by atoms with Crippen LogP contribution in [0.3, 0.4) is 0 Å². The molecule has 42 heavy (non-hydrogen) atoms. The molecule has 0 atom stereocenters. The SMILES string of the molecule is COc1ncc(-c2ccc3nc(N)n(-c4ccccc4C(F)(F)F)c(=O)c3c2)cc1S(=O)(=O)Nc1cc(F)ccc1F. The molecule has 5 rings (SSSR count). The average molecular weight is 604 g/mol. The van der Waals surface area contributed by atoms with Crippen LogP contribution in [0.25, 0.3) is 27.7 Å². The summed E-state index contributed by atoms with van der Waals surface area (Å²) >= 11 is 0. The van der Waals surface area contributed by atoms with E-state index in [1.807, 2.05) is 4.72 Å². The van der Waals surface area contributed by atoms with Gasteiger partial charge in [0, 0.05) is 17.8 Å². The fraction of sp³-hybridized carbons (Fsp3) is 0.0741. The van der Waals surface area contributed by atoms with Crippen molar-refractivity contribution in [2.45, 2.75) is 11.1 Å². The molecule has 2 aromatic heterocycles. The Morgan fingerprint density at radius 3 is 2.43 bits per heavy atom. The number of nitrogens with two attached hydrogens (primary N) is 1. The summed E-state index contributed by atoms with van der Waals surface area (Å²) in [5.41, 5.74) is 3.14. The fourth-order valence-electron chi connectivity index (χ4n) is 4.23. The minimum absolute atomic E-state index is 0.0690. The molecule has 0 aliphatic heterocycles. The van der Waals surface area contributed by atoms with Crippen LogP contribution in [0, 0.1) is 11.6 Å². The standard InChI is InChI=1S/C27H18F5N5O4S/c1-41-24-23(42(39,40)36-21-12-16(28)7-8-19(21)29)11-15(13-34-24)14-6-9-20-17(10-14)25(38)37(26(33)35-20)22-5-3-2-4-18(22)27(30,31)32/h2-13,36H,1H3,(H2,33,35). The van der Waals surface area contributed by atoms with Crippen molar-refractivity contribution in [3.63, 3.8) is 0 Å². The minimum Gasteiger partial charge on any atom is -0.480 e. The predicted octanol–water partition coefficient (Wildman–Crippen LogP) is 5.14. The number of hydrogen-bond acceptors (Lipinski definition) is 7. The van der Waals surface area contributed by atoms with Crippen molar-refractivity contribution in [3.8, 4) is 22.7 Å². The number of aromatic nitrogens is 3. The topological polar surface area (TPSA) is 129 Å². The number of ether oxygens (including phenoxy) is 1. The highest BCUT2D eigenvalue weighted by molar-refractivity contribution is 7.92. The van der Waals surface area contributed by atoms with Gasteiger partial charge in [0.15, 0.2) is 0 Å². The number of benzene rings is 3. The van der Waals surface area contributed by atoms with Gasteiger partial charge in [0.1, 0.15) is 16.5 Å². The molecule has 216 valence electrons. The van der Waals surface area contributed by atoms with Gasteiger partial charge in [0.2, 0.25) is 11.8 Å². The summed E-state index contributed by atoms with van der Waals surface area (Å²) in [5, 5.41) is -0.126. The van der Waals surface area contributed by atoms with Gasteiger partial charge < -0.3 is 10.5 Å². The summed E-state index contributed by atoms with van der Waals surface area (Å²) < 4.78 is 103. The van der Waals surface area contributed by atoms with Gasteiger partial charge >= 0.3 is 6.18 Å². The van der Waals surface area contributed by atoms with Crippen molar-refractivity contribution < 1.29 is 35.1 Å². The molecule has 3 aromatic carbocycles. The summed E-state index contributed by atoms with van der Waals surface area (Å²) in [4.78, 5) is 21.0. The summed E-state index contributed by atoms with van der Waals surface area (Å²) in [5.74, 6) is -2.77. The summed E-state index contributed by atoms with van der Waals surface area (Å²) in [7, 11) is -3.44. The average Bonchev–Trinajstić information content (AvgIpc) is 2.94. The summed E-state index contributed by atoms with van der Waals surface area (Å²) in [6.07, 6.45) is -3.57. The molecule has 0 amide bonds. The molecule has 0 aliphatic carbocycles. The number of fused-ring (bicyclic) bond motifs is 1. The number of pyridine rings is 1. The summed E-state index contributed by atoms with van der Waals surface area (Å²) in [6, 6.07) is 11.8. The van der Waals surface area contributed by atoms with Crippen molar-refractivity contribution in [3.05, 3.63) is 100 Å². The maximum atomic E-state index is 14.2. The third-order valence-electron chi connectivity index (χ3n) is 6.15. The van der Waals surface area contributed by atoms with Crippen LogP contribution in [0.1, 0.15) is 5.56 Å². The highest BCUT2D eigenvalue weighted by Gasteiger charge is 2.34. The highest BCUT2D eigenvalue weighted by Crippen LogP contribution is 2.35. The number of methoxy groups -OCH3 is 1. The van der Waals surface area contributed by atoms with Crippen LogP contribution in [-0.2, 0) is 16.2 Å². The lowest BCUT2D eigenvalue weighted by atomic mass is 10.1. The van der Waals surface area contributed by atoms with Crippen LogP contribution in [0.4, 0.5) is 33.6 Å². The number of para-hydroxylation sites is 1. The van der Waals surface area contributed by atoms with E-state index in [-0.39, 0.29) is 27.9 Å². The lowest BCUT2D eigenvalue weighted by Gasteiger charge is -2.16. The van der Waals surface area contributed by atoms with E-state index in [2.05, 4.69) is 9.97 Å². The first-order valence-electron chi connectivity index (χ1n) is 11.8. The van der Waals surface area contributed by atoms with Gasteiger partial charge in [0.25, 0.3) is 15.6 Å². The van der Waals surface area contributed by atoms with Gasteiger partial charge in [-0.15, -0.1) is 0 Å². The van der Waals surface area contributed by atoms with E-state index in [1.165, 1.54) is 36.5 Å². The number of nitrogen functional groups attached to an aromatic ring is 1. The van der Waals surface area contributed by atoms with E-state index in [0.29, 0.717) is 10.6 Å². The molecular formula is C27H18F5N5O4S. The number of rotatable bonds is 6. The molecular weight excluding hydrogens is 585 g/mol. The Hall–Kier alpha value is -5.05. The number of sulfonamides is 1. The monoisotopic (exact) mass is 603 g/mol. The minimum atomic E-state index is -4.79. The summed E-state index contributed by atoms with van der Waals surface area (Å²) in [6.45, 7) is 0. The number of halogens is 5. The molecule has 0 fully saturated rings. The number of hydrogen-bond donors (Lipinski definition) is 2. The Kier molecular flexibility index (Phi) is 7.06. The third kappa shape index (κ3) is 5.21. The van der Waals surface area contributed by atoms with Crippen molar-refractivity contribution in [1.82, 2.24) is 14.5 Å². The molecule has 2 heterocycles.